The predicted molar refractivity (Wildman–Crippen MR) is 85.9 cm³/mol. The second-order valence-corrected chi connectivity index (χ2v) is 7.44. The number of fused-ring (bicyclic) bond motifs is 1. The van der Waals surface area contributed by atoms with Gasteiger partial charge < -0.3 is 0 Å². The summed E-state index contributed by atoms with van der Waals surface area (Å²) in [5.74, 6) is 0.0585. The van der Waals surface area contributed by atoms with Crippen LogP contribution in [0.4, 0.5) is 5.69 Å². The van der Waals surface area contributed by atoms with Gasteiger partial charge in [0.25, 0.3) is 0 Å². The van der Waals surface area contributed by atoms with Crippen molar-refractivity contribution >= 4 is 15.7 Å². The third-order valence-corrected chi connectivity index (χ3v) is 5.58. The number of anilines is 1. The lowest BCUT2D eigenvalue weighted by atomic mass is 10.0. The fourth-order valence-corrected chi connectivity index (χ4v) is 4.52. The summed E-state index contributed by atoms with van der Waals surface area (Å²) in [6.45, 7) is 2.55. The zero-order valence-electron chi connectivity index (χ0n) is 12.1. The number of nitrogens with zero attached hydrogens (tertiary/aromatic N) is 1. The van der Waals surface area contributed by atoms with Gasteiger partial charge in [-0.3, -0.25) is 4.31 Å². The highest BCUT2D eigenvalue weighted by molar-refractivity contribution is 7.92. The molecular weight excluding hydrogens is 282 g/mol. The summed E-state index contributed by atoms with van der Waals surface area (Å²) >= 11 is 0. The first-order chi connectivity index (χ1) is 10.1. The maximum atomic E-state index is 12.8. The summed E-state index contributed by atoms with van der Waals surface area (Å²) in [4.78, 5) is 0. The summed E-state index contributed by atoms with van der Waals surface area (Å²) in [6.07, 6.45) is 1.83. The van der Waals surface area contributed by atoms with E-state index in [0.717, 1.165) is 35.2 Å². The minimum atomic E-state index is -3.33. The third kappa shape index (κ3) is 2.95. The largest absolute Gasteiger partial charge is 0.270 e. The van der Waals surface area contributed by atoms with Gasteiger partial charge >= 0.3 is 0 Å². The van der Waals surface area contributed by atoms with Crippen molar-refractivity contribution in [1.82, 2.24) is 0 Å². The number of sulfonamides is 1. The van der Waals surface area contributed by atoms with Crippen LogP contribution >= 0.6 is 0 Å². The molecule has 4 heteroatoms. The molecule has 0 unspecified atom stereocenters. The Balaban J connectivity index is 1.93. The van der Waals surface area contributed by atoms with Crippen LogP contribution in [0.15, 0.2) is 48.5 Å². The smallest absolute Gasteiger partial charge is 0.239 e. The van der Waals surface area contributed by atoms with Crippen molar-refractivity contribution < 1.29 is 8.42 Å². The quantitative estimate of drug-likeness (QED) is 0.872. The second kappa shape index (κ2) is 5.53. The molecule has 110 valence electrons. The fourth-order valence-electron chi connectivity index (χ4n) is 2.88. The van der Waals surface area contributed by atoms with Crippen LogP contribution in [0.5, 0.6) is 0 Å². The normalized spacial score (nSPS) is 14.8. The number of hydrogen-bond acceptors (Lipinski definition) is 2. The molecule has 1 aliphatic heterocycles. The van der Waals surface area contributed by atoms with E-state index < -0.39 is 10.0 Å². The number of benzene rings is 2. The summed E-state index contributed by atoms with van der Waals surface area (Å²) in [5, 5.41) is 0. The molecular formula is C17H19NO2S. The van der Waals surface area contributed by atoms with Gasteiger partial charge in [-0.1, -0.05) is 48.0 Å². The molecule has 0 saturated carbocycles. The third-order valence-electron chi connectivity index (χ3n) is 3.83. The molecule has 0 aromatic heterocycles. The molecule has 2 aromatic rings. The van der Waals surface area contributed by atoms with Gasteiger partial charge in [0.05, 0.1) is 11.4 Å². The average molecular weight is 301 g/mol. The fraction of sp³-hybridized carbons (Fsp3) is 0.294. The zero-order valence-corrected chi connectivity index (χ0v) is 12.9. The first kappa shape index (κ1) is 14.1. The first-order valence-corrected chi connectivity index (χ1v) is 8.81. The highest BCUT2D eigenvalue weighted by Crippen LogP contribution is 2.30. The van der Waals surface area contributed by atoms with E-state index in [1.165, 1.54) is 0 Å². The van der Waals surface area contributed by atoms with Crippen molar-refractivity contribution in [3.63, 3.8) is 0 Å². The van der Waals surface area contributed by atoms with Crippen LogP contribution in [0.3, 0.4) is 0 Å². The van der Waals surface area contributed by atoms with Crippen LogP contribution in [0, 0.1) is 6.92 Å². The van der Waals surface area contributed by atoms with Gasteiger partial charge in [0.1, 0.15) is 0 Å². The highest BCUT2D eigenvalue weighted by atomic mass is 32.2. The number of aryl methyl sites for hydroxylation is 2. The monoisotopic (exact) mass is 301 g/mol. The summed E-state index contributed by atoms with van der Waals surface area (Å²) in [7, 11) is -3.33. The molecule has 0 aliphatic carbocycles. The minimum absolute atomic E-state index is 0.0585. The number of para-hydroxylation sites is 1. The van der Waals surface area contributed by atoms with Gasteiger partial charge in [0, 0.05) is 6.54 Å². The minimum Gasteiger partial charge on any atom is -0.270 e. The molecule has 3 nitrogen and oxygen atoms in total. The molecule has 2 aromatic carbocycles. The lowest BCUT2D eigenvalue weighted by Crippen LogP contribution is -2.36. The molecule has 0 fully saturated rings. The van der Waals surface area contributed by atoms with E-state index in [9.17, 15) is 8.42 Å². The summed E-state index contributed by atoms with van der Waals surface area (Å²) in [5.41, 5.74) is 3.90. The van der Waals surface area contributed by atoms with E-state index in [2.05, 4.69) is 0 Å². The molecule has 3 rings (SSSR count). The second-order valence-electron chi connectivity index (χ2n) is 5.55. The number of hydrogen-bond donors (Lipinski definition) is 0. The maximum absolute atomic E-state index is 12.8. The summed E-state index contributed by atoms with van der Waals surface area (Å²) < 4.78 is 27.1. The Morgan fingerprint density at radius 3 is 2.71 bits per heavy atom. The Bertz CT molecular complexity index is 753. The Kier molecular flexibility index (Phi) is 3.72. The van der Waals surface area contributed by atoms with Gasteiger partial charge in [0.15, 0.2) is 0 Å². The van der Waals surface area contributed by atoms with E-state index in [1.54, 1.807) is 4.31 Å². The molecule has 0 radical (unpaired) electrons. The van der Waals surface area contributed by atoms with Crippen molar-refractivity contribution in [3.05, 3.63) is 65.2 Å². The SMILES string of the molecule is Cc1cccc(CS(=O)(=O)N2CCCc3ccccc32)c1. The molecule has 0 saturated heterocycles. The Hall–Kier alpha value is -1.81. The molecule has 0 bridgehead atoms. The topological polar surface area (TPSA) is 37.4 Å². The van der Waals surface area contributed by atoms with Crippen molar-refractivity contribution in [2.24, 2.45) is 0 Å². The van der Waals surface area contributed by atoms with Crippen LogP contribution in [-0.4, -0.2) is 15.0 Å². The standard InChI is InChI=1S/C17H19NO2S/c1-14-6-4-7-15(12-14)13-21(19,20)18-11-5-9-16-8-2-3-10-17(16)18/h2-4,6-8,10,12H,5,9,11,13H2,1H3. The van der Waals surface area contributed by atoms with Crippen molar-refractivity contribution in [3.8, 4) is 0 Å². The van der Waals surface area contributed by atoms with Gasteiger partial charge in [0.2, 0.25) is 10.0 Å². The molecule has 21 heavy (non-hydrogen) atoms. The van der Waals surface area contributed by atoms with Gasteiger partial charge in [-0.2, -0.15) is 0 Å². The van der Waals surface area contributed by atoms with E-state index >= 15 is 0 Å². The van der Waals surface area contributed by atoms with Gasteiger partial charge in [-0.05, 0) is 37.0 Å². The Morgan fingerprint density at radius 2 is 1.90 bits per heavy atom. The number of rotatable bonds is 3. The maximum Gasteiger partial charge on any atom is 0.239 e. The van der Waals surface area contributed by atoms with Crippen LogP contribution in [0.25, 0.3) is 0 Å². The molecule has 0 N–H and O–H groups in total. The van der Waals surface area contributed by atoms with E-state index in [4.69, 9.17) is 0 Å². The predicted octanol–water partition coefficient (Wildman–Crippen LogP) is 3.28. The summed E-state index contributed by atoms with van der Waals surface area (Å²) in [6, 6.07) is 15.5. The van der Waals surface area contributed by atoms with Gasteiger partial charge in [-0.15, -0.1) is 0 Å². The van der Waals surface area contributed by atoms with Gasteiger partial charge in [-0.25, -0.2) is 8.42 Å². The van der Waals surface area contributed by atoms with E-state index in [-0.39, 0.29) is 5.75 Å². The van der Waals surface area contributed by atoms with Crippen LogP contribution < -0.4 is 4.31 Å². The van der Waals surface area contributed by atoms with Crippen LogP contribution in [-0.2, 0) is 22.2 Å². The van der Waals surface area contributed by atoms with E-state index in [0.29, 0.717) is 6.54 Å². The Morgan fingerprint density at radius 1 is 1.10 bits per heavy atom. The molecule has 0 amide bonds. The first-order valence-electron chi connectivity index (χ1n) is 7.20. The van der Waals surface area contributed by atoms with Crippen molar-refractivity contribution in [2.75, 3.05) is 10.8 Å². The van der Waals surface area contributed by atoms with Crippen LogP contribution in [0.2, 0.25) is 0 Å². The lowest BCUT2D eigenvalue weighted by Gasteiger charge is -2.30. The molecule has 0 spiro atoms. The lowest BCUT2D eigenvalue weighted by molar-refractivity contribution is 0.586. The van der Waals surface area contributed by atoms with E-state index in [1.807, 2.05) is 55.5 Å². The highest BCUT2D eigenvalue weighted by Gasteiger charge is 2.27. The molecule has 0 atom stereocenters. The van der Waals surface area contributed by atoms with Crippen molar-refractivity contribution in [1.29, 1.82) is 0 Å². The van der Waals surface area contributed by atoms with Crippen LogP contribution in [0.1, 0.15) is 23.1 Å². The molecule has 1 aliphatic rings. The Labute approximate surface area is 126 Å². The average Bonchev–Trinajstić information content (AvgIpc) is 2.46. The zero-order chi connectivity index (χ0) is 14.9. The molecule has 1 heterocycles. The van der Waals surface area contributed by atoms with Crippen molar-refractivity contribution in [2.45, 2.75) is 25.5 Å².